The average Bonchev–Trinajstić information content (AvgIpc) is 2.96. The molecule has 1 amide bonds. The smallest absolute Gasteiger partial charge is 0.239 e. The minimum Gasteiger partial charge on any atom is -0.339 e. The number of nitrogens with two attached hydrogens (primary N) is 1. The van der Waals surface area contributed by atoms with Crippen LogP contribution < -0.4 is 5.73 Å². The minimum atomic E-state index is -0.357. The van der Waals surface area contributed by atoms with Crippen LogP contribution in [0.2, 0.25) is 5.02 Å². The standard InChI is InChI=1S/C17H24ClN5O.ClH/c1-2-3-15(19)17(24)22-8-6-21(7-9-22)11-14-12-23-10-13(18)4-5-16(23)20-14;/h4-5,10,12,15H,2-3,6-9,11,19H2,1H3;1H. The van der Waals surface area contributed by atoms with Crippen LogP contribution in [0.15, 0.2) is 24.5 Å². The normalized spacial score (nSPS) is 16.7. The molecule has 3 rings (SSSR count). The van der Waals surface area contributed by atoms with Gasteiger partial charge in [0.15, 0.2) is 0 Å². The molecule has 1 fully saturated rings. The molecule has 0 radical (unpaired) electrons. The number of rotatable bonds is 5. The zero-order chi connectivity index (χ0) is 17.1. The molecular formula is C17H25Cl2N5O. The second-order valence-electron chi connectivity index (χ2n) is 6.34. The third-order valence-corrected chi connectivity index (χ3v) is 4.67. The van der Waals surface area contributed by atoms with Crippen molar-refractivity contribution in [1.82, 2.24) is 19.2 Å². The van der Waals surface area contributed by atoms with Gasteiger partial charge in [-0.2, -0.15) is 0 Å². The minimum absolute atomic E-state index is 0. The van der Waals surface area contributed by atoms with E-state index in [0.29, 0.717) is 5.02 Å². The molecule has 138 valence electrons. The fourth-order valence-corrected chi connectivity index (χ4v) is 3.29. The van der Waals surface area contributed by atoms with Crippen LogP contribution >= 0.6 is 24.0 Å². The number of carbonyl (C=O) groups excluding carboxylic acids is 1. The Morgan fingerprint density at radius 2 is 2.00 bits per heavy atom. The number of amides is 1. The number of piperazine rings is 1. The lowest BCUT2D eigenvalue weighted by Gasteiger charge is -2.35. The Balaban J connectivity index is 0.00000225. The molecule has 1 aliphatic heterocycles. The number of hydrogen-bond donors (Lipinski definition) is 1. The summed E-state index contributed by atoms with van der Waals surface area (Å²) in [6.45, 7) is 5.98. The van der Waals surface area contributed by atoms with Gasteiger partial charge in [-0.3, -0.25) is 9.69 Å². The first-order chi connectivity index (χ1) is 11.6. The van der Waals surface area contributed by atoms with E-state index in [1.807, 2.05) is 40.8 Å². The Hall–Kier alpha value is -1.34. The number of halogens is 2. The van der Waals surface area contributed by atoms with E-state index in [2.05, 4.69) is 9.88 Å². The van der Waals surface area contributed by atoms with Crippen LogP contribution in [0.25, 0.3) is 5.65 Å². The van der Waals surface area contributed by atoms with Gasteiger partial charge in [0.1, 0.15) is 5.65 Å². The highest BCUT2D eigenvalue weighted by molar-refractivity contribution is 6.30. The first-order valence-electron chi connectivity index (χ1n) is 8.46. The fourth-order valence-electron chi connectivity index (χ4n) is 3.12. The summed E-state index contributed by atoms with van der Waals surface area (Å²) in [5.74, 6) is 0.0823. The predicted molar refractivity (Wildman–Crippen MR) is 102 cm³/mol. The second kappa shape index (κ2) is 8.85. The molecule has 0 spiro atoms. The average molecular weight is 386 g/mol. The lowest BCUT2D eigenvalue weighted by Crippen LogP contribution is -2.52. The highest BCUT2D eigenvalue weighted by atomic mass is 35.5. The van der Waals surface area contributed by atoms with Crippen molar-refractivity contribution in [1.29, 1.82) is 0 Å². The van der Waals surface area contributed by atoms with Crippen molar-refractivity contribution in [2.75, 3.05) is 26.2 Å². The number of aromatic nitrogens is 2. The molecule has 0 aliphatic carbocycles. The van der Waals surface area contributed by atoms with Gasteiger partial charge >= 0.3 is 0 Å². The third kappa shape index (κ3) is 4.85. The lowest BCUT2D eigenvalue weighted by atomic mass is 10.1. The Labute approximate surface area is 159 Å². The van der Waals surface area contributed by atoms with Gasteiger partial charge in [0.2, 0.25) is 5.91 Å². The number of pyridine rings is 1. The van der Waals surface area contributed by atoms with Crippen molar-refractivity contribution < 1.29 is 4.79 Å². The van der Waals surface area contributed by atoms with Crippen LogP contribution in [0, 0.1) is 0 Å². The summed E-state index contributed by atoms with van der Waals surface area (Å²) in [6.07, 6.45) is 5.56. The lowest BCUT2D eigenvalue weighted by molar-refractivity contribution is -0.134. The number of nitrogens with zero attached hydrogens (tertiary/aromatic N) is 4. The van der Waals surface area contributed by atoms with E-state index in [0.717, 1.165) is 56.9 Å². The van der Waals surface area contributed by atoms with Gasteiger partial charge in [0.25, 0.3) is 0 Å². The molecule has 1 aliphatic rings. The van der Waals surface area contributed by atoms with Gasteiger partial charge in [-0.25, -0.2) is 4.98 Å². The molecule has 8 heteroatoms. The van der Waals surface area contributed by atoms with E-state index >= 15 is 0 Å². The summed E-state index contributed by atoms with van der Waals surface area (Å²) in [5.41, 5.74) is 7.85. The highest BCUT2D eigenvalue weighted by Crippen LogP contribution is 2.14. The summed E-state index contributed by atoms with van der Waals surface area (Å²) in [4.78, 5) is 21.1. The largest absolute Gasteiger partial charge is 0.339 e. The van der Waals surface area contributed by atoms with Crippen LogP contribution in [0.5, 0.6) is 0 Å². The Morgan fingerprint density at radius 1 is 1.28 bits per heavy atom. The van der Waals surface area contributed by atoms with Gasteiger partial charge in [0.05, 0.1) is 16.8 Å². The van der Waals surface area contributed by atoms with Crippen molar-refractivity contribution >= 4 is 35.6 Å². The van der Waals surface area contributed by atoms with Crippen LogP contribution in [-0.4, -0.2) is 57.3 Å². The van der Waals surface area contributed by atoms with Crippen LogP contribution in [0.4, 0.5) is 0 Å². The molecule has 1 atom stereocenters. The van der Waals surface area contributed by atoms with Crippen LogP contribution in [0.3, 0.4) is 0 Å². The molecule has 6 nitrogen and oxygen atoms in total. The molecule has 0 bridgehead atoms. The maximum atomic E-state index is 12.3. The number of hydrogen-bond acceptors (Lipinski definition) is 4. The van der Waals surface area contributed by atoms with E-state index < -0.39 is 0 Å². The van der Waals surface area contributed by atoms with E-state index in [4.69, 9.17) is 17.3 Å². The monoisotopic (exact) mass is 385 g/mol. The van der Waals surface area contributed by atoms with Crippen molar-refractivity contribution in [3.63, 3.8) is 0 Å². The zero-order valence-corrected chi connectivity index (χ0v) is 16.0. The first-order valence-corrected chi connectivity index (χ1v) is 8.84. The SMILES string of the molecule is CCCC(N)C(=O)N1CCN(Cc2cn3cc(Cl)ccc3n2)CC1.Cl. The summed E-state index contributed by atoms with van der Waals surface area (Å²) < 4.78 is 1.95. The maximum absolute atomic E-state index is 12.3. The maximum Gasteiger partial charge on any atom is 0.239 e. The molecule has 2 aromatic rings. The third-order valence-electron chi connectivity index (χ3n) is 4.45. The molecular weight excluding hydrogens is 361 g/mol. The van der Waals surface area contributed by atoms with Crippen molar-refractivity contribution in [2.24, 2.45) is 5.73 Å². The van der Waals surface area contributed by atoms with Crippen molar-refractivity contribution in [3.05, 3.63) is 35.2 Å². The highest BCUT2D eigenvalue weighted by Gasteiger charge is 2.25. The fraction of sp³-hybridized carbons (Fsp3) is 0.529. The molecule has 25 heavy (non-hydrogen) atoms. The van der Waals surface area contributed by atoms with Gasteiger partial charge in [-0.05, 0) is 18.6 Å². The van der Waals surface area contributed by atoms with E-state index in [1.165, 1.54) is 0 Å². The quantitative estimate of drug-likeness (QED) is 0.856. The van der Waals surface area contributed by atoms with Crippen LogP contribution in [-0.2, 0) is 11.3 Å². The van der Waals surface area contributed by atoms with Gasteiger partial charge in [0, 0.05) is 45.1 Å². The molecule has 1 unspecified atom stereocenters. The second-order valence-corrected chi connectivity index (χ2v) is 6.78. The Morgan fingerprint density at radius 3 is 2.68 bits per heavy atom. The topological polar surface area (TPSA) is 66.9 Å². The Bertz CT molecular complexity index is 712. The molecule has 2 N–H and O–H groups in total. The number of fused-ring (bicyclic) bond motifs is 1. The molecule has 1 saturated heterocycles. The molecule has 0 saturated carbocycles. The summed E-state index contributed by atoms with van der Waals surface area (Å²) in [5, 5.41) is 0.696. The molecule has 0 aromatic carbocycles. The number of imidazole rings is 1. The molecule has 2 aromatic heterocycles. The summed E-state index contributed by atoms with van der Waals surface area (Å²) in [6, 6.07) is 3.40. The van der Waals surface area contributed by atoms with Crippen molar-refractivity contribution in [2.45, 2.75) is 32.4 Å². The number of carbonyl (C=O) groups is 1. The zero-order valence-electron chi connectivity index (χ0n) is 14.4. The first kappa shape index (κ1) is 20.0. The predicted octanol–water partition coefficient (Wildman–Crippen LogP) is 2.18. The van der Waals surface area contributed by atoms with E-state index in [1.54, 1.807) is 0 Å². The van der Waals surface area contributed by atoms with E-state index in [9.17, 15) is 4.79 Å². The van der Waals surface area contributed by atoms with Gasteiger partial charge < -0.3 is 15.0 Å². The Kier molecular flexibility index (Phi) is 7.07. The van der Waals surface area contributed by atoms with Crippen molar-refractivity contribution in [3.8, 4) is 0 Å². The van der Waals surface area contributed by atoms with Gasteiger partial charge in [-0.1, -0.05) is 24.9 Å². The van der Waals surface area contributed by atoms with Gasteiger partial charge in [-0.15, -0.1) is 12.4 Å². The van der Waals surface area contributed by atoms with E-state index in [-0.39, 0.29) is 24.4 Å². The summed E-state index contributed by atoms with van der Waals surface area (Å²) in [7, 11) is 0. The molecule has 3 heterocycles. The van der Waals surface area contributed by atoms with Crippen LogP contribution in [0.1, 0.15) is 25.5 Å². The summed E-state index contributed by atoms with van der Waals surface area (Å²) >= 11 is 6.01.